The maximum atomic E-state index is 11.8. The van der Waals surface area contributed by atoms with E-state index in [2.05, 4.69) is 0 Å². The summed E-state index contributed by atoms with van der Waals surface area (Å²) in [6, 6.07) is 5.36. The quantitative estimate of drug-likeness (QED) is 0.839. The smallest absolute Gasteiger partial charge is 0.418 e. The highest BCUT2D eigenvalue weighted by Gasteiger charge is 2.16. The molecule has 0 fully saturated rings. The van der Waals surface area contributed by atoms with Gasteiger partial charge in [0, 0.05) is 11.6 Å². The van der Waals surface area contributed by atoms with Gasteiger partial charge in [-0.05, 0) is 25.1 Å². The Morgan fingerprint density at radius 2 is 1.83 bits per heavy atom. The zero-order chi connectivity index (χ0) is 13.1. The molecule has 0 spiro atoms. The van der Waals surface area contributed by atoms with E-state index in [1.54, 1.807) is 45.5 Å². The number of rotatable bonds is 3. The molecule has 18 heavy (non-hydrogen) atoms. The minimum absolute atomic E-state index is 0.324. The van der Waals surface area contributed by atoms with Crippen LogP contribution in [0.2, 0.25) is 0 Å². The van der Waals surface area contributed by atoms with Crippen molar-refractivity contribution in [3.05, 3.63) is 24.4 Å². The van der Waals surface area contributed by atoms with Gasteiger partial charge in [0.05, 0.1) is 20.8 Å². The zero-order valence-corrected chi connectivity index (χ0v) is 10.6. The van der Waals surface area contributed by atoms with Gasteiger partial charge in [-0.1, -0.05) is 0 Å². The Balaban J connectivity index is 2.65. The summed E-state index contributed by atoms with van der Waals surface area (Å²) in [4.78, 5) is 11.8. The number of ether oxygens (including phenoxy) is 3. The van der Waals surface area contributed by atoms with Crippen LogP contribution >= 0.6 is 0 Å². The Bertz CT molecular complexity index is 574. The van der Waals surface area contributed by atoms with Crippen LogP contribution in [0.15, 0.2) is 24.4 Å². The fraction of sp³-hybridized carbons (Fsp3) is 0.308. The molecule has 1 aromatic heterocycles. The first-order valence-electron chi connectivity index (χ1n) is 5.62. The third kappa shape index (κ3) is 1.88. The number of fused-ring (bicyclic) bond motifs is 1. The third-order valence-corrected chi connectivity index (χ3v) is 2.68. The van der Waals surface area contributed by atoms with Gasteiger partial charge in [-0.15, -0.1) is 0 Å². The average Bonchev–Trinajstić information content (AvgIpc) is 2.82. The molecular formula is C13H15NO4. The molecule has 0 saturated heterocycles. The molecule has 5 heteroatoms. The van der Waals surface area contributed by atoms with Crippen LogP contribution < -0.4 is 9.47 Å². The van der Waals surface area contributed by atoms with Gasteiger partial charge in [-0.3, -0.25) is 0 Å². The van der Waals surface area contributed by atoms with Gasteiger partial charge in [0.15, 0.2) is 0 Å². The lowest BCUT2D eigenvalue weighted by Crippen LogP contribution is -2.12. The average molecular weight is 249 g/mol. The van der Waals surface area contributed by atoms with E-state index in [1.807, 2.05) is 0 Å². The van der Waals surface area contributed by atoms with Gasteiger partial charge in [0.2, 0.25) is 0 Å². The van der Waals surface area contributed by atoms with Gasteiger partial charge in [-0.2, -0.15) is 0 Å². The number of methoxy groups -OCH3 is 2. The first-order valence-corrected chi connectivity index (χ1v) is 5.62. The normalized spacial score (nSPS) is 10.4. The first-order chi connectivity index (χ1) is 8.72. The SMILES string of the molecule is CCOC(=O)n1ccc2c(OC)ccc(OC)c21. The van der Waals surface area contributed by atoms with Crippen molar-refractivity contribution in [3.63, 3.8) is 0 Å². The van der Waals surface area contributed by atoms with Crippen molar-refractivity contribution in [2.75, 3.05) is 20.8 Å². The summed E-state index contributed by atoms with van der Waals surface area (Å²) in [7, 11) is 3.15. The van der Waals surface area contributed by atoms with Crippen LogP contribution in [0.5, 0.6) is 11.5 Å². The van der Waals surface area contributed by atoms with Crippen molar-refractivity contribution in [3.8, 4) is 11.5 Å². The van der Waals surface area contributed by atoms with Crippen molar-refractivity contribution < 1.29 is 19.0 Å². The maximum Gasteiger partial charge on any atom is 0.418 e. The summed E-state index contributed by atoms with van der Waals surface area (Å²) in [5, 5.41) is 0.810. The minimum Gasteiger partial charge on any atom is -0.496 e. The summed E-state index contributed by atoms with van der Waals surface area (Å²) >= 11 is 0. The Morgan fingerprint density at radius 1 is 1.17 bits per heavy atom. The number of hydrogen-bond donors (Lipinski definition) is 0. The summed E-state index contributed by atoms with van der Waals surface area (Å²) in [5.41, 5.74) is 0.648. The molecule has 96 valence electrons. The molecule has 0 N–H and O–H groups in total. The number of carbonyl (C=O) groups excluding carboxylic acids is 1. The van der Waals surface area contributed by atoms with Gasteiger partial charge in [0.25, 0.3) is 0 Å². The van der Waals surface area contributed by atoms with E-state index >= 15 is 0 Å². The number of hydrogen-bond acceptors (Lipinski definition) is 4. The minimum atomic E-state index is -0.431. The summed E-state index contributed by atoms with van der Waals surface area (Å²) in [5.74, 6) is 1.29. The van der Waals surface area contributed by atoms with Crippen molar-refractivity contribution in [2.24, 2.45) is 0 Å². The first kappa shape index (κ1) is 12.3. The molecule has 0 aliphatic carbocycles. The Labute approximate surface area is 105 Å². The fourth-order valence-corrected chi connectivity index (χ4v) is 1.89. The predicted octanol–water partition coefficient (Wildman–Crippen LogP) is 2.66. The molecule has 1 aromatic carbocycles. The third-order valence-electron chi connectivity index (χ3n) is 2.68. The van der Waals surface area contributed by atoms with Crippen LogP contribution in [-0.4, -0.2) is 31.5 Å². The molecule has 0 bridgehead atoms. The highest BCUT2D eigenvalue weighted by Crippen LogP contribution is 2.33. The molecule has 0 aliphatic rings. The summed E-state index contributed by atoms with van der Waals surface area (Å²) < 4.78 is 16.9. The lowest BCUT2D eigenvalue weighted by Gasteiger charge is -2.09. The molecule has 0 saturated carbocycles. The molecule has 1 heterocycles. The molecule has 0 unspecified atom stereocenters. The van der Waals surface area contributed by atoms with Gasteiger partial charge in [0.1, 0.15) is 17.0 Å². The lowest BCUT2D eigenvalue weighted by molar-refractivity contribution is 0.155. The molecule has 0 radical (unpaired) electrons. The van der Waals surface area contributed by atoms with Crippen LogP contribution in [0.4, 0.5) is 4.79 Å². The van der Waals surface area contributed by atoms with Crippen molar-refractivity contribution in [2.45, 2.75) is 6.92 Å². The van der Waals surface area contributed by atoms with E-state index in [0.717, 1.165) is 5.39 Å². The number of carbonyl (C=O) groups is 1. The molecular weight excluding hydrogens is 234 g/mol. The van der Waals surface area contributed by atoms with Crippen molar-refractivity contribution in [1.29, 1.82) is 0 Å². The summed E-state index contributed by atoms with van der Waals surface area (Å²) in [6.45, 7) is 2.09. The molecule has 0 amide bonds. The number of benzene rings is 1. The van der Waals surface area contributed by atoms with Gasteiger partial charge >= 0.3 is 6.09 Å². The van der Waals surface area contributed by atoms with E-state index in [4.69, 9.17) is 14.2 Å². The largest absolute Gasteiger partial charge is 0.496 e. The highest BCUT2D eigenvalue weighted by molar-refractivity contribution is 5.97. The van der Waals surface area contributed by atoms with E-state index in [1.165, 1.54) is 4.57 Å². The summed E-state index contributed by atoms with van der Waals surface area (Å²) in [6.07, 6.45) is 1.22. The second-order valence-electron chi connectivity index (χ2n) is 3.62. The fourth-order valence-electron chi connectivity index (χ4n) is 1.89. The highest BCUT2D eigenvalue weighted by atomic mass is 16.5. The van der Waals surface area contributed by atoms with E-state index < -0.39 is 6.09 Å². The Hall–Kier alpha value is -2.17. The Morgan fingerprint density at radius 3 is 2.44 bits per heavy atom. The predicted molar refractivity (Wildman–Crippen MR) is 67.5 cm³/mol. The van der Waals surface area contributed by atoms with Crippen molar-refractivity contribution in [1.82, 2.24) is 4.57 Å². The van der Waals surface area contributed by atoms with Gasteiger partial charge in [-0.25, -0.2) is 9.36 Å². The Kier molecular flexibility index (Phi) is 3.41. The maximum absolute atomic E-state index is 11.8. The van der Waals surface area contributed by atoms with Crippen LogP contribution in [0.1, 0.15) is 6.92 Å². The van der Waals surface area contributed by atoms with Crippen LogP contribution in [0.25, 0.3) is 10.9 Å². The molecule has 2 aromatic rings. The van der Waals surface area contributed by atoms with Crippen molar-refractivity contribution >= 4 is 17.0 Å². The molecule has 0 atom stereocenters. The van der Waals surface area contributed by atoms with E-state index in [0.29, 0.717) is 23.6 Å². The molecule has 0 aliphatic heterocycles. The van der Waals surface area contributed by atoms with E-state index in [-0.39, 0.29) is 0 Å². The van der Waals surface area contributed by atoms with Crippen LogP contribution in [0, 0.1) is 0 Å². The molecule has 5 nitrogen and oxygen atoms in total. The van der Waals surface area contributed by atoms with Crippen LogP contribution in [-0.2, 0) is 4.74 Å². The topological polar surface area (TPSA) is 49.7 Å². The standard InChI is InChI=1S/C13H15NO4/c1-4-18-13(15)14-8-7-9-10(16-2)5-6-11(17-3)12(9)14/h5-8H,4H2,1-3H3. The number of nitrogens with zero attached hydrogens (tertiary/aromatic N) is 1. The second kappa shape index (κ2) is 5.00. The van der Waals surface area contributed by atoms with Crippen LogP contribution in [0.3, 0.4) is 0 Å². The van der Waals surface area contributed by atoms with Gasteiger partial charge < -0.3 is 14.2 Å². The number of aromatic nitrogens is 1. The second-order valence-corrected chi connectivity index (χ2v) is 3.62. The zero-order valence-electron chi connectivity index (χ0n) is 10.6. The molecule has 2 rings (SSSR count). The van der Waals surface area contributed by atoms with E-state index in [9.17, 15) is 4.79 Å². The monoisotopic (exact) mass is 249 g/mol. The lowest BCUT2D eigenvalue weighted by atomic mass is 10.2.